The summed E-state index contributed by atoms with van der Waals surface area (Å²) in [5.74, 6) is -1.28. The first-order valence-corrected chi connectivity index (χ1v) is 8.69. The van der Waals surface area contributed by atoms with Crippen LogP contribution in [0.5, 0.6) is 0 Å². The van der Waals surface area contributed by atoms with Gasteiger partial charge in [-0.3, -0.25) is 9.59 Å². The van der Waals surface area contributed by atoms with Crippen molar-refractivity contribution in [3.63, 3.8) is 0 Å². The average Bonchev–Trinajstić information content (AvgIpc) is 3.15. The number of nitrogens with zero attached hydrogens (tertiary/aromatic N) is 1. The molecule has 28 heavy (non-hydrogen) atoms. The molecule has 0 aliphatic rings. The predicted octanol–water partition coefficient (Wildman–Crippen LogP) is 3.36. The number of amides is 2. The maximum absolute atomic E-state index is 12.5. The first-order valence-electron chi connectivity index (χ1n) is 8.69. The molecule has 2 aromatic carbocycles. The first-order chi connectivity index (χ1) is 13.5. The van der Waals surface area contributed by atoms with Crippen LogP contribution in [0.1, 0.15) is 30.6 Å². The second-order valence-corrected chi connectivity index (χ2v) is 6.05. The Hall–Kier alpha value is -3.68. The number of benzene rings is 2. The summed E-state index contributed by atoms with van der Waals surface area (Å²) in [6, 6.07) is 11.5. The maximum atomic E-state index is 12.5. The number of rotatable bonds is 6. The number of hydrogen-bond acceptors (Lipinski definition) is 6. The van der Waals surface area contributed by atoms with Crippen LogP contribution < -0.4 is 10.6 Å². The van der Waals surface area contributed by atoms with Crippen molar-refractivity contribution in [2.75, 3.05) is 10.6 Å². The standard InChI is InChI=1S/C20H19N3O5/c1-3-16(19(25)23-14-9-7-13(8-10-14)22-12(2)24)28-20(26)15-5-4-6-17-18(15)21-11-27-17/h4-11,16H,3H2,1-2H3,(H,22,24)(H,23,25). The van der Waals surface area contributed by atoms with E-state index >= 15 is 0 Å². The number of aromatic nitrogens is 1. The molecule has 3 rings (SSSR count). The van der Waals surface area contributed by atoms with Crippen molar-refractivity contribution in [3.05, 3.63) is 54.4 Å². The molecule has 0 spiro atoms. The van der Waals surface area contributed by atoms with E-state index in [2.05, 4.69) is 15.6 Å². The lowest BCUT2D eigenvalue weighted by Crippen LogP contribution is -2.32. The zero-order valence-electron chi connectivity index (χ0n) is 15.4. The molecule has 1 aromatic heterocycles. The third kappa shape index (κ3) is 4.35. The van der Waals surface area contributed by atoms with Gasteiger partial charge < -0.3 is 19.8 Å². The average molecular weight is 381 g/mol. The number of carbonyl (C=O) groups excluding carboxylic acids is 3. The topological polar surface area (TPSA) is 111 Å². The predicted molar refractivity (Wildman–Crippen MR) is 103 cm³/mol. The van der Waals surface area contributed by atoms with Crippen molar-refractivity contribution in [1.82, 2.24) is 4.98 Å². The summed E-state index contributed by atoms with van der Waals surface area (Å²) in [6.45, 7) is 3.16. The second-order valence-electron chi connectivity index (χ2n) is 6.05. The first kappa shape index (κ1) is 19.1. The van der Waals surface area contributed by atoms with Gasteiger partial charge in [0.05, 0.1) is 5.56 Å². The van der Waals surface area contributed by atoms with Gasteiger partial charge in [-0.25, -0.2) is 9.78 Å². The van der Waals surface area contributed by atoms with E-state index in [0.717, 1.165) is 0 Å². The van der Waals surface area contributed by atoms with Crippen LogP contribution in [-0.4, -0.2) is 28.9 Å². The molecule has 0 radical (unpaired) electrons. The van der Waals surface area contributed by atoms with Crippen LogP contribution in [0.2, 0.25) is 0 Å². The third-order valence-corrected chi connectivity index (χ3v) is 3.97. The zero-order chi connectivity index (χ0) is 20.1. The van der Waals surface area contributed by atoms with Crippen LogP contribution in [0.15, 0.2) is 53.3 Å². The van der Waals surface area contributed by atoms with Gasteiger partial charge in [0.1, 0.15) is 5.52 Å². The van der Waals surface area contributed by atoms with Gasteiger partial charge in [-0.05, 0) is 42.8 Å². The molecular weight excluding hydrogens is 362 g/mol. The lowest BCUT2D eigenvalue weighted by molar-refractivity contribution is -0.124. The Morgan fingerprint density at radius 2 is 1.75 bits per heavy atom. The zero-order valence-corrected chi connectivity index (χ0v) is 15.4. The van der Waals surface area contributed by atoms with Crippen LogP contribution in [0.3, 0.4) is 0 Å². The number of carbonyl (C=O) groups is 3. The van der Waals surface area contributed by atoms with Gasteiger partial charge in [0.15, 0.2) is 18.1 Å². The summed E-state index contributed by atoms with van der Waals surface area (Å²) in [5, 5.41) is 5.34. The maximum Gasteiger partial charge on any atom is 0.341 e. The van der Waals surface area contributed by atoms with E-state index in [1.165, 1.54) is 13.3 Å². The minimum absolute atomic E-state index is 0.183. The summed E-state index contributed by atoms with van der Waals surface area (Å²) >= 11 is 0. The van der Waals surface area contributed by atoms with Crippen LogP contribution in [0.25, 0.3) is 11.1 Å². The molecule has 2 amide bonds. The SMILES string of the molecule is CCC(OC(=O)c1cccc2ocnc12)C(=O)Nc1ccc(NC(C)=O)cc1. The van der Waals surface area contributed by atoms with E-state index in [9.17, 15) is 14.4 Å². The van der Waals surface area contributed by atoms with Crippen molar-refractivity contribution in [2.24, 2.45) is 0 Å². The molecule has 0 aliphatic heterocycles. The molecule has 8 nitrogen and oxygen atoms in total. The third-order valence-electron chi connectivity index (χ3n) is 3.97. The molecule has 0 bridgehead atoms. The summed E-state index contributed by atoms with van der Waals surface area (Å²) in [6.07, 6.45) is 0.580. The van der Waals surface area contributed by atoms with Gasteiger partial charge in [0.25, 0.3) is 5.91 Å². The van der Waals surface area contributed by atoms with E-state index in [4.69, 9.17) is 9.15 Å². The van der Waals surface area contributed by atoms with Crippen LogP contribution in [0.4, 0.5) is 11.4 Å². The Balaban J connectivity index is 1.67. The normalized spacial score (nSPS) is 11.6. The van der Waals surface area contributed by atoms with E-state index in [1.807, 2.05) is 0 Å². The Kier molecular flexibility index (Phi) is 5.69. The molecule has 1 atom stereocenters. The molecule has 8 heteroatoms. The van der Waals surface area contributed by atoms with Crippen LogP contribution >= 0.6 is 0 Å². The fourth-order valence-electron chi connectivity index (χ4n) is 2.63. The number of fused-ring (bicyclic) bond motifs is 1. The van der Waals surface area contributed by atoms with Crippen molar-refractivity contribution >= 4 is 40.3 Å². The number of oxazole rings is 1. The highest BCUT2D eigenvalue weighted by molar-refractivity contribution is 6.03. The molecule has 2 N–H and O–H groups in total. The highest BCUT2D eigenvalue weighted by atomic mass is 16.5. The quantitative estimate of drug-likeness (QED) is 0.634. The lowest BCUT2D eigenvalue weighted by Gasteiger charge is -2.16. The van der Waals surface area contributed by atoms with Crippen LogP contribution in [0, 0.1) is 0 Å². The van der Waals surface area contributed by atoms with Gasteiger partial charge in [-0.2, -0.15) is 0 Å². The Labute approximate surface area is 160 Å². The smallest absolute Gasteiger partial charge is 0.341 e. The van der Waals surface area contributed by atoms with Crippen LogP contribution in [-0.2, 0) is 14.3 Å². The highest BCUT2D eigenvalue weighted by Crippen LogP contribution is 2.19. The van der Waals surface area contributed by atoms with E-state index in [0.29, 0.717) is 28.9 Å². The molecule has 0 saturated heterocycles. The number of anilines is 2. The molecule has 144 valence electrons. The van der Waals surface area contributed by atoms with E-state index in [-0.39, 0.29) is 11.5 Å². The largest absolute Gasteiger partial charge is 0.449 e. The number of ether oxygens (including phenoxy) is 1. The minimum atomic E-state index is -0.968. The number of nitrogens with one attached hydrogen (secondary N) is 2. The van der Waals surface area contributed by atoms with Gasteiger partial charge >= 0.3 is 5.97 Å². The molecular formula is C20H19N3O5. The lowest BCUT2D eigenvalue weighted by atomic mass is 10.2. The van der Waals surface area contributed by atoms with Crippen molar-refractivity contribution in [1.29, 1.82) is 0 Å². The highest BCUT2D eigenvalue weighted by Gasteiger charge is 2.24. The Bertz CT molecular complexity index is 1010. The molecule has 1 unspecified atom stereocenters. The number of esters is 1. The Morgan fingerprint density at radius 3 is 2.39 bits per heavy atom. The van der Waals surface area contributed by atoms with Crippen molar-refractivity contribution in [3.8, 4) is 0 Å². The van der Waals surface area contributed by atoms with Gasteiger partial charge in [-0.15, -0.1) is 0 Å². The number of para-hydroxylation sites is 1. The fraction of sp³-hybridized carbons (Fsp3) is 0.200. The minimum Gasteiger partial charge on any atom is -0.449 e. The van der Waals surface area contributed by atoms with E-state index in [1.54, 1.807) is 49.4 Å². The van der Waals surface area contributed by atoms with Crippen molar-refractivity contribution in [2.45, 2.75) is 26.4 Å². The molecule has 0 fully saturated rings. The molecule has 3 aromatic rings. The van der Waals surface area contributed by atoms with Gasteiger partial charge in [0, 0.05) is 18.3 Å². The summed E-state index contributed by atoms with van der Waals surface area (Å²) < 4.78 is 10.6. The second kappa shape index (κ2) is 8.34. The monoisotopic (exact) mass is 381 g/mol. The molecule has 1 heterocycles. The summed E-state index contributed by atoms with van der Waals surface area (Å²) in [5.41, 5.74) is 2.22. The van der Waals surface area contributed by atoms with Gasteiger partial charge in [-0.1, -0.05) is 13.0 Å². The molecule has 0 saturated carbocycles. The number of hydrogen-bond donors (Lipinski definition) is 2. The summed E-state index contributed by atoms with van der Waals surface area (Å²) in [4.78, 5) is 40.1. The molecule has 0 aliphatic carbocycles. The Morgan fingerprint density at radius 1 is 1.07 bits per heavy atom. The van der Waals surface area contributed by atoms with Crippen molar-refractivity contribution < 1.29 is 23.5 Å². The summed E-state index contributed by atoms with van der Waals surface area (Å²) in [7, 11) is 0. The van der Waals surface area contributed by atoms with E-state index < -0.39 is 18.0 Å². The van der Waals surface area contributed by atoms with Gasteiger partial charge in [0.2, 0.25) is 5.91 Å². The fourth-order valence-corrected chi connectivity index (χ4v) is 2.63.